The molecule has 0 fully saturated rings. The van der Waals surface area contributed by atoms with Crippen molar-refractivity contribution in [1.82, 2.24) is 5.32 Å². The van der Waals surface area contributed by atoms with E-state index in [4.69, 9.17) is 15.6 Å². The van der Waals surface area contributed by atoms with Gasteiger partial charge in [-0.05, 0) is 19.5 Å². The zero-order chi connectivity index (χ0) is 8.53. The van der Waals surface area contributed by atoms with Crippen LogP contribution in [0.3, 0.4) is 0 Å². The summed E-state index contributed by atoms with van der Waals surface area (Å²) in [5.41, 5.74) is 5.28. The van der Waals surface area contributed by atoms with Crippen LogP contribution in [0.15, 0.2) is 0 Å². The van der Waals surface area contributed by atoms with Crippen molar-refractivity contribution in [2.24, 2.45) is 5.73 Å². The van der Waals surface area contributed by atoms with Crippen molar-refractivity contribution >= 4 is 0 Å². The van der Waals surface area contributed by atoms with Crippen LogP contribution >= 0.6 is 0 Å². The van der Waals surface area contributed by atoms with E-state index in [9.17, 15) is 0 Å². The van der Waals surface area contributed by atoms with E-state index >= 15 is 0 Å². The maximum Gasteiger partial charge on any atom is 0.0897 e. The van der Waals surface area contributed by atoms with Crippen molar-refractivity contribution < 1.29 is 9.84 Å². The second-order valence-corrected chi connectivity index (χ2v) is 2.46. The van der Waals surface area contributed by atoms with Gasteiger partial charge in [-0.2, -0.15) is 0 Å². The van der Waals surface area contributed by atoms with Crippen LogP contribution in [0.25, 0.3) is 0 Å². The Morgan fingerprint density at radius 1 is 1.64 bits per heavy atom. The molecule has 11 heavy (non-hydrogen) atoms. The standard InChI is InChI=1S/C7H18N2O2/c1-11-6-7(10)5-9-4-2-3-8/h7,9-10H,2-6,8H2,1H3. The zero-order valence-corrected chi connectivity index (χ0v) is 7.05. The van der Waals surface area contributed by atoms with E-state index in [-0.39, 0.29) is 0 Å². The number of rotatable bonds is 7. The Labute approximate surface area is 67.7 Å². The van der Waals surface area contributed by atoms with Crippen molar-refractivity contribution in [3.63, 3.8) is 0 Å². The molecule has 0 amide bonds. The fraction of sp³-hybridized carbons (Fsp3) is 1.00. The molecule has 0 bridgehead atoms. The summed E-state index contributed by atoms with van der Waals surface area (Å²) in [6, 6.07) is 0. The summed E-state index contributed by atoms with van der Waals surface area (Å²) in [4.78, 5) is 0. The van der Waals surface area contributed by atoms with E-state index in [0.717, 1.165) is 13.0 Å². The highest BCUT2D eigenvalue weighted by Gasteiger charge is 2.00. The first-order valence-electron chi connectivity index (χ1n) is 3.89. The lowest BCUT2D eigenvalue weighted by atomic mass is 10.3. The molecule has 0 aromatic carbocycles. The third-order valence-electron chi connectivity index (χ3n) is 1.30. The van der Waals surface area contributed by atoms with Crippen LogP contribution in [0, 0.1) is 0 Å². The van der Waals surface area contributed by atoms with Gasteiger partial charge >= 0.3 is 0 Å². The molecule has 0 saturated heterocycles. The summed E-state index contributed by atoms with van der Waals surface area (Å²) in [6.45, 7) is 2.51. The molecule has 0 radical (unpaired) electrons. The van der Waals surface area contributed by atoms with Gasteiger partial charge in [0.05, 0.1) is 12.7 Å². The summed E-state index contributed by atoms with van der Waals surface area (Å²) in [5.74, 6) is 0. The van der Waals surface area contributed by atoms with Crippen LogP contribution in [-0.4, -0.2) is 44.6 Å². The smallest absolute Gasteiger partial charge is 0.0897 e. The van der Waals surface area contributed by atoms with Crippen LogP contribution in [0.2, 0.25) is 0 Å². The highest BCUT2D eigenvalue weighted by Crippen LogP contribution is 1.80. The van der Waals surface area contributed by atoms with E-state index in [0.29, 0.717) is 19.7 Å². The highest BCUT2D eigenvalue weighted by atomic mass is 16.5. The SMILES string of the molecule is COCC(O)CNCCCN. The third kappa shape index (κ3) is 7.74. The van der Waals surface area contributed by atoms with E-state index in [1.54, 1.807) is 7.11 Å². The Morgan fingerprint density at radius 2 is 2.36 bits per heavy atom. The van der Waals surface area contributed by atoms with Gasteiger partial charge in [0, 0.05) is 13.7 Å². The minimum absolute atomic E-state index is 0.385. The third-order valence-corrected chi connectivity index (χ3v) is 1.30. The molecule has 1 unspecified atom stereocenters. The average molecular weight is 162 g/mol. The maximum atomic E-state index is 9.13. The molecule has 0 rings (SSSR count). The minimum atomic E-state index is -0.405. The van der Waals surface area contributed by atoms with Crippen LogP contribution in [0.4, 0.5) is 0 Å². The summed E-state index contributed by atoms with van der Waals surface area (Å²) in [6.07, 6.45) is 0.539. The molecule has 68 valence electrons. The van der Waals surface area contributed by atoms with Gasteiger partial charge in [-0.1, -0.05) is 0 Å². The topological polar surface area (TPSA) is 67.5 Å². The Kier molecular flexibility index (Phi) is 7.83. The normalized spacial score (nSPS) is 13.4. The van der Waals surface area contributed by atoms with Gasteiger partial charge in [0.15, 0.2) is 0 Å². The number of nitrogens with two attached hydrogens (primary N) is 1. The number of nitrogens with one attached hydrogen (secondary N) is 1. The van der Waals surface area contributed by atoms with Crippen molar-refractivity contribution in [1.29, 1.82) is 0 Å². The number of aliphatic hydroxyl groups excluding tert-OH is 1. The number of ether oxygens (including phenoxy) is 1. The maximum absolute atomic E-state index is 9.13. The molecule has 0 aromatic rings. The van der Waals surface area contributed by atoms with Crippen LogP contribution in [-0.2, 0) is 4.74 Å². The van der Waals surface area contributed by atoms with E-state index in [1.165, 1.54) is 0 Å². The minimum Gasteiger partial charge on any atom is -0.389 e. The lowest BCUT2D eigenvalue weighted by Gasteiger charge is -2.09. The molecule has 1 atom stereocenters. The van der Waals surface area contributed by atoms with Crippen molar-refractivity contribution in [3.8, 4) is 0 Å². The predicted molar refractivity (Wildman–Crippen MR) is 44.4 cm³/mol. The first kappa shape index (κ1) is 10.8. The number of aliphatic hydroxyl groups is 1. The van der Waals surface area contributed by atoms with Gasteiger partial charge in [-0.25, -0.2) is 0 Å². The molecule has 0 saturated carbocycles. The summed E-state index contributed by atoms with van der Waals surface area (Å²) >= 11 is 0. The zero-order valence-electron chi connectivity index (χ0n) is 7.05. The van der Waals surface area contributed by atoms with Gasteiger partial charge in [0.1, 0.15) is 0 Å². The number of methoxy groups -OCH3 is 1. The molecule has 4 N–H and O–H groups in total. The molecule has 0 aromatic heterocycles. The fourth-order valence-electron chi connectivity index (χ4n) is 0.747. The van der Waals surface area contributed by atoms with Gasteiger partial charge in [-0.3, -0.25) is 0 Å². The highest BCUT2D eigenvalue weighted by molar-refractivity contribution is 4.57. The first-order valence-corrected chi connectivity index (χ1v) is 3.89. The Morgan fingerprint density at radius 3 is 2.91 bits per heavy atom. The molecule has 0 aliphatic carbocycles. The molecule has 0 aliphatic rings. The monoisotopic (exact) mass is 162 g/mol. The van der Waals surface area contributed by atoms with Crippen molar-refractivity contribution in [2.75, 3.05) is 33.4 Å². The van der Waals surface area contributed by atoms with Crippen LogP contribution in [0.5, 0.6) is 0 Å². The second-order valence-electron chi connectivity index (χ2n) is 2.46. The Balaban J connectivity index is 2.97. The van der Waals surface area contributed by atoms with E-state index in [2.05, 4.69) is 5.32 Å². The quantitative estimate of drug-likeness (QED) is 0.417. The van der Waals surface area contributed by atoms with E-state index in [1.807, 2.05) is 0 Å². The van der Waals surface area contributed by atoms with Crippen molar-refractivity contribution in [2.45, 2.75) is 12.5 Å². The molecule has 0 heterocycles. The van der Waals surface area contributed by atoms with E-state index < -0.39 is 6.10 Å². The molecule has 4 heteroatoms. The summed E-state index contributed by atoms with van der Waals surface area (Å²) in [5, 5.41) is 12.2. The van der Waals surface area contributed by atoms with Crippen molar-refractivity contribution in [3.05, 3.63) is 0 Å². The molecule has 4 nitrogen and oxygen atoms in total. The van der Waals surface area contributed by atoms with Gasteiger partial charge in [0.25, 0.3) is 0 Å². The molecule has 0 spiro atoms. The average Bonchev–Trinajstić information content (AvgIpc) is 1.99. The van der Waals surface area contributed by atoms with Gasteiger partial charge < -0.3 is 20.9 Å². The lowest BCUT2D eigenvalue weighted by molar-refractivity contribution is 0.0647. The summed E-state index contributed by atoms with van der Waals surface area (Å²) < 4.78 is 4.75. The lowest BCUT2D eigenvalue weighted by Crippen LogP contribution is -2.31. The van der Waals surface area contributed by atoms with Gasteiger partial charge in [0.2, 0.25) is 0 Å². The summed E-state index contributed by atoms with van der Waals surface area (Å²) in [7, 11) is 1.57. The second kappa shape index (κ2) is 7.94. The Bertz CT molecular complexity index is 80.8. The van der Waals surface area contributed by atoms with Gasteiger partial charge in [-0.15, -0.1) is 0 Å². The number of hydrogen-bond donors (Lipinski definition) is 3. The Hall–Kier alpha value is -0.160. The molecular formula is C7H18N2O2. The molecule has 0 aliphatic heterocycles. The largest absolute Gasteiger partial charge is 0.389 e. The predicted octanol–water partition coefficient (Wildman–Crippen LogP) is -1.07. The number of hydrogen-bond acceptors (Lipinski definition) is 4. The molecular weight excluding hydrogens is 144 g/mol. The first-order chi connectivity index (χ1) is 5.31. The van der Waals surface area contributed by atoms with Crippen LogP contribution in [0.1, 0.15) is 6.42 Å². The van der Waals surface area contributed by atoms with Crippen LogP contribution < -0.4 is 11.1 Å². The fourth-order valence-corrected chi connectivity index (χ4v) is 0.747.